The largest absolute Gasteiger partial charge is 0.352 e. The predicted molar refractivity (Wildman–Crippen MR) is 123 cm³/mol. The van der Waals surface area contributed by atoms with Crippen LogP contribution < -0.4 is 9.62 Å². The van der Waals surface area contributed by atoms with Crippen molar-refractivity contribution in [3.8, 4) is 0 Å². The van der Waals surface area contributed by atoms with Crippen LogP contribution in [0.3, 0.4) is 0 Å². The Morgan fingerprint density at radius 1 is 1.07 bits per heavy atom. The van der Waals surface area contributed by atoms with Crippen LogP contribution in [0.2, 0.25) is 0 Å². The van der Waals surface area contributed by atoms with Gasteiger partial charge in [-0.2, -0.15) is 0 Å². The molecule has 30 heavy (non-hydrogen) atoms. The number of carbonyl (C=O) groups is 1. The van der Waals surface area contributed by atoms with Crippen molar-refractivity contribution < 1.29 is 13.2 Å². The van der Waals surface area contributed by atoms with Crippen LogP contribution in [0, 0.1) is 0 Å². The van der Waals surface area contributed by atoms with Crippen LogP contribution in [0.1, 0.15) is 29.6 Å². The molecule has 162 valence electrons. The second kappa shape index (κ2) is 10.3. The first-order valence-electron chi connectivity index (χ1n) is 10.2. The summed E-state index contributed by atoms with van der Waals surface area (Å²) >= 11 is 1.56. The standard InChI is InChI=1S/C22H29N3O3S2/c1-24(30(27,28)21-12-10-20(29-2)11-13-21)19-8-6-18(7-9-19)22(26)23-14-5-17-25-15-3-4-16-25/h6-13H,3-5,14-17H2,1-2H3,(H,23,26). The summed E-state index contributed by atoms with van der Waals surface area (Å²) in [5.74, 6) is -0.138. The fourth-order valence-corrected chi connectivity index (χ4v) is 5.08. The summed E-state index contributed by atoms with van der Waals surface area (Å²) in [4.78, 5) is 16.0. The lowest BCUT2D eigenvalue weighted by Gasteiger charge is -2.20. The number of hydrogen-bond acceptors (Lipinski definition) is 5. The van der Waals surface area contributed by atoms with E-state index in [2.05, 4.69) is 10.2 Å². The summed E-state index contributed by atoms with van der Waals surface area (Å²) in [7, 11) is -2.14. The molecule has 6 nitrogen and oxygen atoms in total. The molecule has 3 rings (SSSR count). The molecule has 1 aliphatic heterocycles. The normalized spacial score (nSPS) is 14.6. The highest BCUT2D eigenvalue weighted by molar-refractivity contribution is 7.98. The second-order valence-electron chi connectivity index (χ2n) is 7.35. The Labute approximate surface area is 183 Å². The highest BCUT2D eigenvalue weighted by Crippen LogP contribution is 2.24. The van der Waals surface area contributed by atoms with Crippen molar-refractivity contribution in [1.29, 1.82) is 0 Å². The van der Waals surface area contributed by atoms with Gasteiger partial charge in [0.1, 0.15) is 0 Å². The molecule has 0 radical (unpaired) electrons. The van der Waals surface area contributed by atoms with E-state index in [1.54, 1.807) is 60.3 Å². The lowest BCUT2D eigenvalue weighted by Crippen LogP contribution is -2.29. The zero-order valence-electron chi connectivity index (χ0n) is 17.5. The van der Waals surface area contributed by atoms with Crippen LogP contribution in [0.25, 0.3) is 0 Å². The zero-order valence-corrected chi connectivity index (χ0v) is 19.1. The molecule has 1 heterocycles. The molecule has 1 amide bonds. The number of nitrogens with zero attached hydrogens (tertiary/aromatic N) is 2. The molecular weight excluding hydrogens is 418 g/mol. The van der Waals surface area contributed by atoms with Crippen molar-refractivity contribution in [3.05, 3.63) is 54.1 Å². The number of benzene rings is 2. The van der Waals surface area contributed by atoms with Crippen LogP contribution >= 0.6 is 11.8 Å². The SMILES string of the molecule is CSc1ccc(S(=O)(=O)N(C)c2ccc(C(=O)NCCCN3CCCC3)cc2)cc1. The molecule has 8 heteroatoms. The quantitative estimate of drug-likeness (QED) is 0.471. The minimum atomic E-state index is -3.66. The van der Waals surface area contributed by atoms with E-state index in [0.717, 1.165) is 31.0 Å². The Hall–Kier alpha value is -2.03. The maximum Gasteiger partial charge on any atom is 0.264 e. The number of rotatable bonds is 9. The molecule has 0 bridgehead atoms. The first-order valence-corrected chi connectivity index (χ1v) is 12.8. The average molecular weight is 448 g/mol. The van der Waals surface area contributed by atoms with Gasteiger partial charge in [-0.15, -0.1) is 11.8 Å². The molecule has 1 N–H and O–H groups in total. The summed E-state index contributed by atoms with van der Waals surface area (Å²) < 4.78 is 27.0. The predicted octanol–water partition coefficient (Wildman–Crippen LogP) is 3.45. The van der Waals surface area contributed by atoms with Gasteiger partial charge in [0.15, 0.2) is 0 Å². The molecule has 1 saturated heterocycles. The van der Waals surface area contributed by atoms with Gasteiger partial charge in [0.05, 0.1) is 10.6 Å². The molecule has 1 aliphatic rings. The smallest absolute Gasteiger partial charge is 0.264 e. The van der Waals surface area contributed by atoms with Crippen molar-refractivity contribution in [3.63, 3.8) is 0 Å². The van der Waals surface area contributed by atoms with Gasteiger partial charge in [0.25, 0.3) is 15.9 Å². The number of thioether (sulfide) groups is 1. The molecule has 0 spiro atoms. The maximum absolute atomic E-state index is 12.9. The van der Waals surface area contributed by atoms with Gasteiger partial charge in [-0.1, -0.05) is 0 Å². The van der Waals surface area contributed by atoms with Gasteiger partial charge in [-0.05, 0) is 93.7 Å². The summed E-state index contributed by atoms with van der Waals surface area (Å²) in [6.07, 6.45) is 5.42. The summed E-state index contributed by atoms with van der Waals surface area (Å²) in [6.45, 7) is 3.97. The van der Waals surface area contributed by atoms with Crippen LogP contribution in [0.5, 0.6) is 0 Å². The molecule has 2 aromatic carbocycles. The number of amides is 1. The van der Waals surface area contributed by atoms with E-state index in [1.165, 1.54) is 24.2 Å². The summed E-state index contributed by atoms with van der Waals surface area (Å²) in [5, 5.41) is 2.94. The molecule has 0 saturated carbocycles. The van der Waals surface area contributed by atoms with Crippen molar-refractivity contribution in [2.24, 2.45) is 0 Å². The number of likely N-dealkylation sites (tertiary alicyclic amines) is 1. The van der Waals surface area contributed by atoms with Gasteiger partial charge in [0, 0.05) is 24.1 Å². The first kappa shape index (κ1) is 22.7. The maximum atomic E-state index is 12.9. The van der Waals surface area contributed by atoms with E-state index < -0.39 is 10.0 Å². The van der Waals surface area contributed by atoms with E-state index in [-0.39, 0.29) is 10.8 Å². The van der Waals surface area contributed by atoms with E-state index >= 15 is 0 Å². The third-order valence-electron chi connectivity index (χ3n) is 5.35. The Kier molecular flexibility index (Phi) is 7.80. The first-order chi connectivity index (χ1) is 14.4. The average Bonchev–Trinajstić information content (AvgIpc) is 3.29. The van der Waals surface area contributed by atoms with E-state index in [0.29, 0.717) is 17.8 Å². The summed E-state index contributed by atoms with van der Waals surface area (Å²) in [5.41, 5.74) is 1.03. The Balaban J connectivity index is 1.57. The number of nitrogens with one attached hydrogen (secondary N) is 1. The minimum Gasteiger partial charge on any atom is -0.352 e. The molecule has 0 aromatic heterocycles. The van der Waals surface area contributed by atoms with E-state index in [1.807, 2.05) is 6.26 Å². The van der Waals surface area contributed by atoms with Gasteiger partial charge in [-0.3, -0.25) is 9.10 Å². The monoisotopic (exact) mass is 447 g/mol. The minimum absolute atomic E-state index is 0.138. The lowest BCUT2D eigenvalue weighted by atomic mass is 10.2. The number of hydrogen-bond donors (Lipinski definition) is 1. The highest BCUT2D eigenvalue weighted by Gasteiger charge is 2.21. The zero-order chi connectivity index (χ0) is 21.6. The van der Waals surface area contributed by atoms with Crippen molar-refractivity contribution >= 4 is 33.4 Å². The molecule has 0 unspecified atom stereocenters. The Morgan fingerprint density at radius 3 is 2.30 bits per heavy atom. The third-order valence-corrected chi connectivity index (χ3v) is 7.89. The number of anilines is 1. The van der Waals surface area contributed by atoms with Crippen molar-refractivity contribution in [2.75, 3.05) is 43.8 Å². The Bertz CT molecular complexity index is 939. The Morgan fingerprint density at radius 2 is 1.70 bits per heavy atom. The fraction of sp³-hybridized carbons (Fsp3) is 0.409. The number of sulfonamides is 1. The van der Waals surface area contributed by atoms with Crippen LogP contribution in [-0.4, -0.2) is 58.7 Å². The van der Waals surface area contributed by atoms with Gasteiger partial charge < -0.3 is 10.2 Å². The molecule has 0 atom stereocenters. The van der Waals surface area contributed by atoms with Gasteiger partial charge in [-0.25, -0.2) is 8.42 Å². The van der Waals surface area contributed by atoms with Crippen molar-refractivity contribution in [1.82, 2.24) is 10.2 Å². The molecule has 1 fully saturated rings. The van der Waals surface area contributed by atoms with Crippen LogP contribution in [0.15, 0.2) is 58.3 Å². The fourth-order valence-electron chi connectivity index (χ4n) is 3.48. The third kappa shape index (κ3) is 5.56. The molecular formula is C22H29N3O3S2. The van der Waals surface area contributed by atoms with E-state index in [4.69, 9.17) is 0 Å². The highest BCUT2D eigenvalue weighted by atomic mass is 32.2. The van der Waals surface area contributed by atoms with E-state index in [9.17, 15) is 13.2 Å². The van der Waals surface area contributed by atoms with Gasteiger partial charge in [0.2, 0.25) is 0 Å². The summed E-state index contributed by atoms with van der Waals surface area (Å²) in [6, 6.07) is 13.5. The topological polar surface area (TPSA) is 69.7 Å². The number of carbonyl (C=O) groups excluding carboxylic acids is 1. The van der Waals surface area contributed by atoms with Crippen LogP contribution in [-0.2, 0) is 10.0 Å². The van der Waals surface area contributed by atoms with Gasteiger partial charge >= 0.3 is 0 Å². The molecule has 0 aliphatic carbocycles. The molecule has 2 aromatic rings. The van der Waals surface area contributed by atoms with Crippen molar-refractivity contribution in [2.45, 2.75) is 29.1 Å². The lowest BCUT2D eigenvalue weighted by molar-refractivity contribution is 0.0952. The second-order valence-corrected chi connectivity index (χ2v) is 10.2. The van der Waals surface area contributed by atoms with Crippen LogP contribution in [0.4, 0.5) is 5.69 Å².